The smallest absolute Gasteiger partial charge is 0.271 e. The Balaban J connectivity index is 1.63. The van der Waals surface area contributed by atoms with Crippen LogP contribution in [0.4, 0.5) is 0 Å². The average molecular weight is 365 g/mol. The zero-order valence-electron chi connectivity index (χ0n) is 15.7. The lowest BCUT2D eigenvalue weighted by Crippen LogP contribution is -2.26. The van der Waals surface area contributed by atoms with Crippen LogP contribution in [0, 0.1) is 6.92 Å². The quantitative estimate of drug-likeness (QED) is 0.698. The van der Waals surface area contributed by atoms with Gasteiger partial charge in [-0.15, -0.1) is 0 Å². The zero-order valence-corrected chi connectivity index (χ0v) is 15.7. The zero-order chi connectivity index (χ0) is 19.2. The molecule has 1 amide bonds. The van der Waals surface area contributed by atoms with Crippen LogP contribution in [0.2, 0.25) is 0 Å². The molecule has 0 unspecified atom stereocenters. The highest BCUT2D eigenvalue weighted by molar-refractivity contribution is 5.92. The summed E-state index contributed by atoms with van der Waals surface area (Å²) in [6, 6.07) is 17.2. The van der Waals surface area contributed by atoms with Crippen molar-refractivity contribution in [3.63, 3.8) is 0 Å². The van der Waals surface area contributed by atoms with Gasteiger partial charge in [0.25, 0.3) is 5.91 Å². The first kappa shape index (κ1) is 18.5. The lowest BCUT2D eigenvalue weighted by Gasteiger charge is -2.06. The number of benzene rings is 2. The molecule has 0 saturated carbocycles. The number of nitrogens with zero attached hydrogens (tertiary/aromatic N) is 2. The molecule has 0 atom stereocenters. The first-order valence-electron chi connectivity index (χ1n) is 8.73. The SMILES string of the molecule is COc1ccc(CCNC(=O)c2cc(C)n(-c3cccc(OC)c3)n2)cc1. The van der Waals surface area contributed by atoms with Gasteiger partial charge in [-0.3, -0.25) is 4.79 Å². The Morgan fingerprint density at radius 1 is 1.04 bits per heavy atom. The van der Waals surface area contributed by atoms with Crippen molar-refractivity contribution in [2.75, 3.05) is 20.8 Å². The molecule has 0 aliphatic carbocycles. The Bertz CT molecular complexity index is 917. The summed E-state index contributed by atoms with van der Waals surface area (Å²) in [5, 5.41) is 7.36. The van der Waals surface area contributed by atoms with Crippen molar-refractivity contribution in [3.8, 4) is 17.2 Å². The summed E-state index contributed by atoms with van der Waals surface area (Å²) in [7, 11) is 3.26. The van der Waals surface area contributed by atoms with Gasteiger partial charge in [-0.25, -0.2) is 4.68 Å². The minimum absolute atomic E-state index is 0.187. The van der Waals surface area contributed by atoms with Gasteiger partial charge in [0.15, 0.2) is 5.69 Å². The number of carbonyl (C=O) groups is 1. The number of hydrogen-bond acceptors (Lipinski definition) is 4. The molecule has 6 heteroatoms. The number of hydrogen-bond donors (Lipinski definition) is 1. The summed E-state index contributed by atoms with van der Waals surface area (Å²) in [5.41, 5.74) is 3.26. The highest BCUT2D eigenvalue weighted by Gasteiger charge is 2.13. The van der Waals surface area contributed by atoms with Crippen LogP contribution in [-0.4, -0.2) is 36.5 Å². The summed E-state index contributed by atoms with van der Waals surface area (Å²) in [5.74, 6) is 1.38. The van der Waals surface area contributed by atoms with Crippen LogP contribution >= 0.6 is 0 Å². The molecule has 1 N–H and O–H groups in total. The summed E-state index contributed by atoms with van der Waals surface area (Å²) in [6.07, 6.45) is 0.741. The topological polar surface area (TPSA) is 65.4 Å². The highest BCUT2D eigenvalue weighted by Crippen LogP contribution is 2.18. The molecular weight excluding hydrogens is 342 g/mol. The van der Waals surface area contributed by atoms with Crippen molar-refractivity contribution < 1.29 is 14.3 Å². The molecular formula is C21H23N3O3. The third kappa shape index (κ3) is 4.47. The van der Waals surface area contributed by atoms with E-state index in [4.69, 9.17) is 9.47 Å². The predicted molar refractivity (Wildman–Crippen MR) is 104 cm³/mol. The van der Waals surface area contributed by atoms with Crippen LogP contribution < -0.4 is 14.8 Å². The van der Waals surface area contributed by atoms with E-state index in [0.717, 1.165) is 34.9 Å². The molecule has 0 aliphatic heterocycles. The lowest BCUT2D eigenvalue weighted by atomic mass is 10.1. The van der Waals surface area contributed by atoms with Crippen molar-refractivity contribution in [1.82, 2.24) is 15.1 Å². The van der Waals surface area contributed by atoms with E-state index in [1.807, 2.05) is 55.5 Å². The minimum Gasteiger partial charge on any atom is -0.497 e. The first-order valence-corrected chi connectivity index (χ1v) is 8.73. The monoisotopic (exact) mass is 365 g/mol. The summed E-state index contributed by atoms with van der Waals surface area (Å²) >= 11 is 0. The maximum atomic E-state index is 12.4. The van der Waals surface area contributed by atoms with Gasteiger partial charge in [-0.1, -0.05) is 18.2 Å². The number of amides is 1. The van der Waals surface area contributed by atoms with E-state index in [1.54, 1.807) is 25.0 Å². The summed E-state index contributed by atoms with van der Waals surface area (Å²) in [6.45, 7) is 2.46. The normalized spacial score (nSPS) is 10.5. The fraction of sp³-hybridized carbons (Fsp3) is 0.238. The molecule has 27 heavy (non-hydrogen) atoms. The molecule has 1 aromatic heterocycles. The van der Waals surface area contributed by atoms with Crippen molar-refractivity contribution in [2.24, 2.45) is 0 Å². The highest BCUT2D eigenvalue weighted by atomic mass is 16.5. The molecule has 1 heterocycles. The number of aryl methyl sites for hydroxylation is 1. The maximum Gasteiger partial charge on any atom is 0.271 e. The molecule has 0 radical (unpaired) electrons. The van der Waals surface area contributed by atoms with Gasteiger partial charge in [-0.05, 0) is 49.2 Å². The van der Waals surface area contributed by atoms with Crippen molar-refractivity contribution >= 4 is 5.91 Å². The van der Waals surface area contributed by atoms with E-state index in [9.17, 15) is 4.79 Å². The second-order valence-electron chi connectivity index (χ2n) is 6.14. The largest absolute Gasteiger partial charge is 0.497 e. The molecule has 0 fully saturated rings. The fourth-order valence-corrected chi connectivity index (χ4v) is 2.79. The maximum absolute atomic E-state index is 12.4. The van der Waals surface area contributed by atoms with Gasteiger partial charge >= 0.3 is 0 Å². The van der Waals surface area contributed by atoms with Crippen LogP contribution in [0.5, 0.6) is 11.5 Å². The number of nitrogens with one attached hydrogen (secondary N) is 1. The molecule has 0 saturated heterocycles. The average Bonchev–Trinajstić information content (AvgIpc) is 3.10. The van der Waals surface area contributed by atoms with Crippen molar-refractivity contribution in [2.45, 2.75) is 13.3 Å². The number of methoxy groups -OCH3 is 2. The molecule has 2 aromatic carbocycles. The number of aromatic nitrogens is 2. The van der Waals surface area contributed by atoms with Crippen molar-refractivity contribution in [3.05, 3.63) is 71.5 Å². The van der Waals surface area contributed by atoms with E-state index in [2.05, 4.69) is 10.4 Å². The molecule has 0 aliphatic rings. The Morgan fingerprint density at radius 2 is 1.78 bits per heavy atom. The van der Waals surface area contributed by atoms with E-state index in [-0.39, 0.29) is 5.91 Å². The summed E-state index contributed by atoms with van der Waals surface area (Å²) in [4.78, 5) is 12.4. The molecule has 0 spiro atoms. The lowest BCUT2D eigenvalue weighted by molar-refractivity contribution is 0.0948. The standard InChI is InChI=1S/C21H23N3O3/c1-15-13-20(23-24(15)17-5-4-6-19(14-17)27-3)21(25)22-12-11-16-7-9-18(26-2)10-8-16/h4-10,13-14H,11-12H2,1-3H3,(H,22,25). The first-order chi connectivity index (χ1) is 13.1. The van der Waals surface area contributed by atoms with Gasteiger partial charge in [-0.2, -0.15) is 5.10 Å². The van der Waals surface area contributed by atoms with Crippen molar-refractivity contribution in [1.29, 1.82) is 0 Å². The minimum atomic E-state index is -0.187. The fourth-order valence-electron chi connectivity index (χ4n) is 2.79. The van der Waals surface area contributed by atoms with Gasteiger partial charge in [0.2, 0.25) is 0 Å². The van der Waals surface area contributed by atoms with E-state index >= 15 is 0 Å². The van der Waals surface area contributed by atoms with Gasteiger partial charge in [0, 0.05) is 18.3 Å². The third-order valence-corrected chi connectivity index (χ3v) is 4.28. The van der Waals surface area contributed by atoms with Crippen LogP contribution in [0.15, 0.2) is 54.6 Å². The Kier molecular flexibility index (Phi) is 5.76. The van der Waals surface area contributed by atoms with E-state index < -0.39 is 0 Å². The number of ether oxygens (including phenoxy) is 2. The Morgan fingerprint density at radius 3 is 2.48 bits per heavy atom. The molecule has 140 valence electrons. The van der Waals surface area contributed by atoms with E-state index in [1.165, 1.54) is 0 Å². The molecule has 0 bridgehead atoms. The predicted octanol–water partition coefficient (Wildman–Crippen LogP) is 3.17. The van der Waals surface area contributed by atoms with Crippen LogP contribution in [0.3, 0.4) is 0 Å². The summed E-state index contributed by atoms with van der Waals surface area (Å²) < 4.78 is 12.1. The molecule has 3 aromatic rings. The second-order valence-corrected chi connectivity index (χ2v) is 6.14. The van der Waals surface area contributed by atoms with E-state index in [0.29, 0.717) is 12.2 Å². The van der Waals surface area contributed by atoms with Crippen LogP contribution in [0.25, 0.3) is 5.69 Å². The van der Waals surface area contributed by atoms with Gasteiger partial charge in [0.1, 0.15) is 11.5 Å². The third-order valence-electron chi connectivity index (χ3n) is 4.28. The van der Waals surface area contributed by atoms with Crippen LogP contribution in [-0.2, 0) is 6.42 Å². The number of carbonyl (C=O) groups excluding carboxylic acids is 1. The van der Waals surface area contributed by atoms with Crippen LogP contribution in [0.1, 0.15) is 21.7 Å². The van der Waals surface area contributed by atoms with Gasteiger partial charge < -0.3 is 14.8 Å². The second kappa shape index (κ2) is 8.40. The van der Waals surface area contributed by atoms with Gasteiger partial charge in [0.05, 0.1) is 19.9 Å². The Hall–Kier alpha value is -3.28. The molecule has 6 nitrogen and oxygen atoms in total. The Labute approximate surface area is 158 Å². The molecule has 3 rings (SSSR count). The number of rotatable bonds is 7.